The molecular formula is C18H18N2O4S. The minimum Gasteiger partial charge on any atom is -0.451 e. The van der Waals surface area contributed by atoms with Crippen molar-refractivity contribution in [2.75, 3.05) is 11.6 Å². The van der Waals surface area contributed by atoms with E-state index in [4.69, 9.17) is 4.74 Å². The Morgan fingerprint density at radius 2 is 1.84 bits per heavy atom. The van der Waals surface area contributed by atoms with Gasteiger partial charge in [0, 0.05) is 24.4 Å². The van der Waals surface area contributed by atoms with Gasteiger partial charge in [0.1, 0.15) is 5.03 Å². The van der Waals surface area contributed by atoms with E-state index in [2.05, 4.69) is 10.3 Å². The molecule has 0 saturated heterocycles. The summed E-state index contributed by atoms with van der Waals surface area (Å²) in [4.78, 5) is 39.8. The Hall–Kier alpha value is -2.67. The molecule has 1 amide bonds. The van der Waals surface area contributed by atoms with E-state index < -0.39 is 12.1 Å². The highest BCUT2D eigenvalue weighted by Crippen LogP contribution is 2.19. The van der Waals surface area contributed by atoms with Crippen molar-refractivity contribution in [2.24, 2.45) is 0 Å². The van der Waals surface area contributed by atoms with Crippen LogP contribution in [0.15, 0.2) is 47.6 Å². The highest BCUT2D eigenvalue weighted by atomic mass is 32.2. The van der Waals surface area contributed by atoms with Gasteiger partial charge in [0.25, 0.3) is 0 Å². The number of amides is 1. The lowest BCUT2D eigenvalue weighted by Crippen LogP contribution is -2.24. The Morgan fingerprint density at radius 3 is 2.44 bits per heavy atom. The van der Waals surface area contributed by atoms with Crippen LogP contribution < -0.4 is 5.32 Å². The Balaban J connectivity index is 2.07. The molecule has 0 radical (unpaired) electrons. The largest absolute Gasteiger partial charge is 0.451 e. The molecular weight excluding hydrogens is 340 g/mol. The quantitative estimate of drug-likeness (QED) is 0.485. The van der Waals surface area contributed by atoms with Crippen molar-refractivity contribution in [1.29, 1.82) is 0 Å². The number of rotatable bonds is 6. The van der Waals surface area contributed by atoms with Gasteiger partial charge in [-0.05, 0) is 49.6 Å². The number of ether oxygens (including phenoxy) is 1. The van der Waals surface area contributed by atoms with E-state index in [0.29, 0.717) is 21.8 Å². The van der Waals surface area contributed by atoms with Gasteiger partial charge in [-0.1, -0.05) is 0 Å². The van der Waals surface area contributed by atoms with Crippen molar-refractivity contribution >= 4 is 35.1 Å². The summed E-state index contributed by atoms with van der Waals surface area (Å²) in [5.41, 5.74) is 1.31. The molecule has 2 rings (SSSR count). The van der Waals surface area contributed by atoms with E-state index in [1.165, 1.54) is 25.6 Å². The average Bonchev–Trinajstić information content (AvgIpc) is 2.61. The van der Waals surface area contributed by atoms with E-state index in [1.807, 2.05) is 6.26 Å². The molecule has 1 heterocycles. The maximum absolute atomic E-state index is 12.4. The Kier molecular flexibility index (Phi) is 6.30. The number of hydrogen-bond donors (Lipinski definition) is 1. The Morgan fingerprint density at radius 1 is 1.16 bits per heavy atom. The zero-order chi connectivity index (χ0) is 18.4. The predicted molar refractivity (Wildman–Crippen MR) is 96.0 cm³/mol. The van der Waals surface area contributed by atoms with Crippen molar-refractivity contribution in [3.05, 3.63) is 53.7 Å². The van der Waals surface area contributed by atoms with Crippen molar-refractivity contribution in [2.45, 2.75) is 25.0 Å². The number of nitrogens with zero attached hydrogens (tertiary/aromatic N) is 1. The number of ketones is 1. The fourth-order valence-corrected chi connectivity index (χ4v) is 2.68. The first-order chi connectivity index (χ1) is 11.9. The van der Waals surface area contributed by atoms with E-state index in [0.717, 1.165) is 0 Å². The molecule has 0 aliphatic carbocycles. The second kappa shape index (κ2) is 8.43. The summed E-state index contributed by atoms with van der Waals surface area (Å²) in [6.45, 7) is 2.93. The molecule has 0 saturated carbocycles. The molecule has 0 aliphatic heterocycles. The number of thioether (sulfide) groups is 1. The number of nitrogens with one attached hydrogen (secondary N) is 1. The first-order valence-electron chi connectivity index (χ1n) is 7.54. The van der Waals surface area contributed by atoms with Gasteiger partial charge in [-0.2, -0.15) is 0 Å². The minimum absolute atomic E-state index is 0.192. The molecule has 1 aromatic carbocycles. The van der Waals surface area contributed by atoms with Crippen LogP contribution in [0.25, 0.3) is 0 Å². The van der Waals surface area contributed by atoms with Crippen LogP contribution in [0.5, 0.6) is 0 Å². The lowest BCUT2D eigenvalue weighted by Gasteiger charge is -2.13. The number of carbonyl (C=O) groups excluding carboxylic acids is 3. The fraction of sp³-hybridized carbons (Fsp3) is 0.222. The summed E-state index contributed by atoms with van der Waals surface area (Å²) in [5, 5.41) is 3.17. The van der Waals surface area contributed by atoms with Gasteiger partial charge < -0.3 is 10.1 Å². The van der Waals surface area contributed by atoms with Gasteiger partial charge >= 0.3 is 5.97 Å². The molecule has 25 heavy (non-hydrogen) atoms. The van der Waals surface area contributed by atoms with E-state index >= 15 is 0 Å². The molecule has 0 bridgehead atoms. The second-order valence-corrected chi connectivity index (χ2v) is 6.03. The molecule has 2 aromatic rings. The molecule has 0 fully saturated rings. The maximum atomic E-state index is 12.4. The molecule has 0 spiro atoms. The zero-order valence-electron chi connectivity index (χ0n) is 14.1. The fourth-order valence-electron chi connectivity index (χ4n) is 2.14. The number of Topliss-reactive ketones (excluding diaryl/α,β-unsaturated/α-hetero) is 1. The van der Waals surface area contributed by atoms with E-state index in [-0.39, 0.29) is 11.7 Å². The lowest BCUT2D eigenvalue weighted by atomic mass is 10.1. The standard InChI is InChI=1S/C18H18N2O4S/c1-11(24-18(23)15-5-4-10-19-17(15)25-3)16(22)13-6-8-14(9-7-13)20-12(2)21/h4-11H,1-3H3,(H,20,21)/t11-/m0/s1. The van der Waals surface area contributed by atoms with Crippen LogP contribution in [0.3, 0.4) is 0 Å². The molecule has 0 aliphatic rings. The van der Waals surface area contributed by atoms with Crippen LogP contribution >= 0.6 is 11.8 Å². The van der Waals surface area contributed by atoms with Gasteiger partial charge in [0.2, 0.25) is 11.7 Å². The number of carbonyl (C=O) groups is 3. The van der Waals surface area contributed by atoms with Gasteiger partial charge in [-0.15, -0.1) is 11.8 Å². The number of esters is 1. The van der Waals surface area contributed by atoms with Crippen LogP contribution in [-0.4, -0.2) is 35.0 Å². The van der Waals surface area contributed by atoms with Crippen LogP contribution in [0, 0.1) is 0 Å². The van der Waals surface area contributed by atoms with Crippen LogP contribution in [-0.2, 0) is 9.53 Å². The number of hydrogen-bond acceptors (Lipinski definition) is 6. The summed E-state index contributed by atoms with van der Waals surface area (Å²) in [7, 11) is 0. The summed E-state index contributed by atoms with van der Waals surface area (Å²) in [6.07, 6.45) is 2.46. The summed E-state index contributed by atoms with van der Waals surface area (Å²) < 4.78 is 5.28. The molecule has 130 valence electrons. The van der Waals surface area contributed by atoms with Gasteiger partial charge in [0.05, 0.1) is 5.56 Å². The Labute approximate surface area is 150 Å². The van der Waals surface area contributed by atoms with Gasteiger partial charge in [0.15, 0.2) is 6.10 Å². The van der Waals surface area contributed by atoms with Crippen LogP contribution in [0.4, 0.5) is 5.69 Å². The summed E-state index contributed by atoms with van der Waals surface area (Å²) in [6, 6.07) is 9.65. The molecule has 1 N–H and O–H groups in total. The zero-order valence-corrected chi connectivity index (χ0v) is 14.9. The molecule has 1 atom stereocenters. The summed E-state index contributed by atoms with van der Waals surface area (Å²) in [5.74, 6) is -1.10. The predicted octanol–water partition coefficient (Wildman–Crippen LogP) is 3.19. The minimum atomic E-state index is -0.936. The van der Waals surface area contributed by atoms with Crippen molar-refractivity contribution < 1.29 is 19.1 Å². The maximum Gasteiger partial charge on any atom is 0.341 e. The third kappa shape index (κ3) is 4.90. The molecule has 0 unspecified atom stereocenters. The van der Waals surface area contributed by atoms with E-state index in [9.17, 15) is 14.4 Å². The van der Waals surface area contributed by atoms with E-state index in [1.54, 1.807) is 42.6 Å². The van der Waals surface area contributed by atoms with Crippen molar-refractivity contribution in [3.8, 4) is 0 Å². The highest BCUT2D eigenvalue weighted by molar-refractivity contribution is 7.98. The number of pyridine rings is 1. The van der Waals surface area contributed by atoms with Crippen LogP contribution in [0.2, 0.25) is 0 Å². The van der Waals surface area contributed by atoms with Crippen molar-refractivity contribution in [1.82, 2.24) is 4.98 Å². The normalized spacial score (nSPS) is 11.5. The first-order valence-corrected chi connectivity index (χ1v) is 8.76. The monoisotopic (exact) mass is 358 g/mol. The number of benzene rings is 1. The SMILES string of the molecule is CSc1ncccc1C(=O)O[C@@H](C)C(=O)c1ccc(NC(C)=O)cc1. The van der Waals surface area contributed by atoms with Crippen LogP contribution in [0.1, 0.15) is 34.6 Å². The lowest BCUT2D eigenvalue weighted by molar-refractivity contribution is -0.114. The third-order valence-electron chi connectivity index (χ3n) is 3.33. The molecule has 6 nitrogen and oxygen atoms in total. The van der Waals surface area contributed by atoms with Crippen molar-refractivity contribution in [3.63, 3.8) is 0 Å². The smallest absolute Gasteiger partial charge is 0.341 e. The highest BCUT2D eigenvalue weighted by Gasteiger charge is 2.22. The average molecular weight is 358 g/mol. The van der Waals surface area contributed by atoms with Gasteiger partial charge in [-0.3, -0.25) is 9.59 Å². The summed E-state index contributed by atoms with van der Waals surface area (Å²) >= 11 is 1.33. The van der Waals surface area contributed by atoms with Gasteiger partial charge in [-0.25, -0.2) is 9.78 Å². The third-order valence-corrected chi connectivity index (χ3v) is 4.04. The topological polar surface area (TPSA) is 85.4 Å². The number of anilines is 1. The number of aromatic nitrogens is 1. The Bertz CT molecular complexity index is 790. The second-order valence-electron chi connectivity index (χ2n) is 5.23. The molecule has 7 heteroatoms. The molecule has 1 aromatic heterocycles. The first kappa shape index (κ1) is 18.7.